The lowest BCUT2D eigenvalue weighted by atomic mass is 10.1. The first kappa shape index (κ1) is 19.3. The van der Waals surface area contributed by atoms with Gasteiger partial charge in [0.15, 0.2) is 6.61 Å². The Morgan fingerprint density at radius 3 is 2.80 bits per heavy atom. The third-order valence-electron chi connectivity index (χ3n) is 4.20. The predicted octanol–water partition coefficient (Wildman–Crippen LogP) is 3.44. The topological polar surface area (TPSA) is 95.9 Å². The van der Waals surface area contributed by atoms with Gasteiger partial charge in [-0.2, -0.15) is 0 Å². The maximum Gasteiger partial charge on any atom is 0.331 e. The lowest BCUT2D eigenvalue weighted by Crippen LogP contribution is -2.01. The third kappa shape index (κ3) is 5.05. The summed E-state index contributed by atoms with van der Waals surface area (Å²) >= 11 is 0. The highest BCUT2D eigenvalue weighted by molar-refractivity contribution is 5.86. The lowest BCUT2D eigenvalue weighted by molar-refractivity contribution is -0.139. The number of esters is 1. The lowest BCUT2D eigenvalue weighted by Gasteiger charge is -1.99. The van der Waals surface area contributed by atoms with E-state index in [2.05, 4.69) is 20.5 Å². The summed E-state index contributed by atoms with van der Waals surface area (Å²) in [6.07, 6.45) is 4.58. The van der Waals surface area contributed by atoms with E-state index in [1.54, 1.807) is 17.0 Å². The van der Waals surface area contributed by atoms with Crippen LogP contribution in [0, 0.1) is 6.92 Å². The number of hydrogen-bond acceptors (Lipinski definition) is 7. The van der Waals surface area contributed by atoms with Crippen molar-refractivity contribution in [2.75, 3.05) is 0 Å². The van der Waals surface area contributed by atoms with Gasteiger partial charge in [-0.3, -0.25) is 0 Å². The van der Waals surface area contributed by atoms with E-state index in [4.69, 9.17) is 9.15 Å². The zero-order valence-electron chi connectivity index (χ0n) is 16.3. The van der Waals surface area contributed by atoms with Crippen molar-refractivity contribution >= 4 is 12.0 Å². The van der Waals surface area contributed by atoms with E-state index >= 15 is 0 Å². The number of aryl methyl sites for hydroxylation is 1. The number of benzene rings is 2. The van der Waals surface area contributed by atoms with Gasteiger partial charge in [0, 0.05) is 11.6 Å². The van der Waals surface area contributed by atoms with E-state index in [1.165, 1.54) is 6.08 Å². The first-order chi connectivity index (χ1) is 14.7. The van der Waals surface area contributed by atoms with E-state index in [1.807, 2.05) is 61.5 Å². The average molecular weight is 401 g/mol. The second-order valence-electron chi connectivity index (χ2n) is 6.64. The zero-order valence-corrected chi connectivity index (χ0v) is 16.3. The van der Waals surface area contributed by atoms with Gasteiger partial charge in [0.2, 0.25) is 5.89 Å². The summed E-state index contributed by atoms with van der Waals surface area (Å²) in [7, 11) is 0. The predicted molar refractivity (Wildman–Crippen MR) is 109 cm³/mol. The van der Waals surface area contributed by atoms with Crippen LogP contribution in [0.5, 0.6) is 0 Å². The minimum absolute atomic E-state index is 0.108. The molecule has 30 heavy (non-hydrogen) atoms. The van der Waals surface area contributed by atoms with Gasteiger partial charge in [0.1, 0.15) is 5.69 Å². The van der Waals surface area contributed by atoms with Gasteiger partial charge in [0.05, 0.1) is 12.7 Å². The Morgan fingerprint density at radius 2 is 1.97 bits per heavy atom. The van der Waals surface area contributed by atoms with Crippen molar-refractivity contribution in [3.05, 3.63) is 89.6 Å². The number of carbonyl (C=O) groups is 1. The van der Waals surface area contributed by atoms with Gasteiger partial charge in [0.25, 0.3) is 5.89 Å². The van der Waals surface area contributed by atoms with Gasteiger partial charge in [-0.1, -0.05) is 53.2 Å². The smallest absolute Gasteiger partial charge is 0.331 e. The van der Waals surface area contributed by atoms with Crippen molar-refractivity contribution in [2.45, 2.75) is 20.1 Å². The molecule has 8 heteroatoms. The van der Waals surface area contributed by atoms with Crippen LogP contribution in [-0.2, 0) is 22.7 Å². The van der Waals surface area contributed by atoms with Crippen molar-refractivity contribution < 1.29 is 13.9 Å². The normalized spacial score (nSPS) is 11.1. The maximum atomic E-state index is 12.0. The molecule has 0 saturated carbocycles. The molecule has 0 saturated heterocycles. The van der Waals surface area contributed by atoms with Gasteiger partial charge >= 0.3 is 5.97 Å². The molecule has 0 atom stereocenters. The number of aromatic nitrogens is 5. The van der Waals surface area contributed by atoms with Gasteiger partial charge in [-0.25, -0.2) is 9.48 Å². The molecule has 0 unspecified atom stereocenters. The van der Waals surface area contributed by atoms with Gasteiger partial charge < -0.3 is 9.15 Å². The Kier molecular flexibility index (Phi) is 5.75. The quantitative estimate of drug-likeness (QED) is 0.346. The van der Waals surface area contributed by atoms with Crippen LogP contribution in [0.4, 0.5) is 0 Å². The zero-order chi connectivity index (χ0) is 20.8. The van der Waals surface area contributed by atoms with Crippen LogP contribution in [0.3, 0.4) is 0 Å². The fraction of sp³-hybridized carbons (Fsp3) is 0.136. The molecule has 0 aliphatic rings. The Bertz CT molecular complexity index is 1160. The van der Waals surface area contributed by atoms with Crippen molar-refractivity contribution in [1.82, 2.24) is 25.2 Å². The Balaban J connectivity index is 1.29. The molecule has 2 heterocycles. The van der Waals surface area contributed by atoms with Crippen LogP contribution in [-0.4, -0.2) is 31.2 Å². The van der Waals surface area contributed by atoms with E-state index < -0.39 is 5.97 Å². The number of nitrogens with zero attached hydrogens (tertiary/aromatic N) is 5. The standard InChI is InChI=1S/C22H19N5O3/c1-16-6-5-9-18(12-16)22-25-24-20(30-22)15-29-21(28)11-10-19-14-27(26-23-19)13-17-7-3-2-4-8-17/h2-12,14H,13,15H2,1H3/b11-10+. The molecule has 0 bridgehead atoms. The summed E-state index contributed by atoms with van der Waals surface area (Å²) < 4.78 is 12.4. The molecule has 0 radical (unpaired) electrons. The third-order valence-corrected chi connectivity index (χ3v) is 4.20. The Labute approximate surface area is 172 Å². The number of ether oxygens (including phenoxy) is 1. The first-order valence-corrected chi connectivity index (χ1v) is 9.34. The molecule has 2 aromatic heterocycles. The molecule has 0 N–H and O–H groups in total. The summed E-state index contributed by atoms with van der Waals surface area (Å²) in [5, 5.41) is 16.0. The SMILES string of the molecule is Cc1cccc(-c2nnc(COC(=O)/C=C/c3cn(Cc4ccccc4)nn3)o2)c1. The monoisotopic (exact) mass is 401 g/mol. The highest BCUT2D eigenvalue weighted by atomic mass is 16.5. The second-order valence-corrected chi connectivity index (χ2v) is 6.64. The van der Waals surface area contributed by atoms with Crippen LogP contribution in [0.25, 0.3) is 17.5 Å². The largest absolute Gasteiger partial charge is 0.452 e. The molecule has 0 spiro atoms. The Hall–Kier alpha value is -4.07. The second kappa shape index (κ2) is 8.95. The molecule has 0 aliphatic heterocycles. The molecule has 0 amide bonds. The van der Waals surface area contributed by atoms with Crippen molar-refractivity contribution in [3.8, 4) is 11.5 Å². The molecule has 2 aromatic carbocycles. The molecular formula is C22H19N5O3. The molecule has 150 valence electrons. The summed E-state index contributed by atoms with van der Waals surface area (Å²) in [4.78, 5) is 12.0. The molecule has 8 nitrogen and oxygen atoms in total. The van der Waals surface area contributed by atoms with Crippen LogP contribution < -0.4 is 0 Å². The minimum Gasteiger partial charge on any atom is -0.452 e. The van der Waals surface area contributed by atoms with Gasteiger partial charge in [-0.15, -0.1) is 15.3 Å². The summed E-state index contributed by atoms with van der Waals surface area (Å²) in [5.41, 5.74) is 3.58. The van der Waals surface area contributed by atoms with Crippen molar-refractivity contribution in [2.24, 2.45) is 0 Å². The van der Waals surface area contributed by atoms with Crippen molar-refractivity contribution in [1.29, 1.82) is 0 Å². The van der Waals surface area contributed by atoms with Crippen LogP contribution in [0.2, 0.25) is 0 Å². The van der Waals surface area contributed by atoms with Crippen LogP contribution in [0.1, 0.15) is 22.7 Å². The van der Waals surface area contributed by atoms with Crippen LogP contribution >= 0.6 is 0 Å². The Morgan fingerprint density at radius 1 is 1.10 bits per heavy atom. The fourth-order valence-corrected chi connectivity index (χ4v) is 2.78. The van der Waals surface area contributed by atoms with E-state index in [9.17, 15) is 4.79 Å². The molecule has 0 aliphatic carbocycles. The minimum atomic E-state index is -0.539. The van der Waals surface area contributed by atoms with Crippen LogP contribution in [0.15, 0.2) is 71.3 Å². The van der Waals surface area contributed by atoms with E-state index in [-0.39, 0.29) is 12.5 Å². The number of carbonyl (C=O) groups excluding carboxylic acids is 1. The molecule has 4 rings (SSSR count). The molecule has 4 aromatic rings. The fourth-order valence-electron chi connectivity index (χ4n) is 2.78. The van der Waals surface area contributed by atoms with E-state index in [0.717, 1.165) is 16.7 Å². The highest BCUT2D eigenvalue weighted by Crippen LogP contribution is 2.19. The van der Waals surface area contributed by atoms with Gasteiger partial charge in [-0.05, 0) is 30.7 Å². The number of rotatable bonds is 7. The van der Waals surface area contributed by atoms with E-state index in [0.29, 0.717) is 18.1 Å². The summed E-state index contributed by atoms with van der Waals surface area (Å²) in [6.45, 7) is 2.48. The summed E-state index contributed by atoms with van der Waals surface area (Å²) in [6, 6.07) is 17.6. The average Bonchev–Trinajstić information content (AvgIpc) is 3.41. The molecular weight excluding hydrogens is 382 g/mol. The highest BCUT2D eigenvalue weighted by Gasteiger charge is 2.10. The first-order valence-electron chi connectivity index (χ1n) is 9.34. The number of hydrogen-bond donors (Lipinski definition) is 0. The summed E-state index contributed by atoms with van der Waals surface area (Å²) in [5.74, 6) is 0.0697. The molecule has 0 fully saturated rings. The maximum absolute atomic E-state index is 12.0. The van der Waals surface area contributed by atoms with Crippen molar-refractivity contribution in [3.63, 3.8) is 0 Å².